The van der Waals surface area contributed by atoms with Crippen LogP contribution in [0.5, 0.6) is 0 Å². The van der Waals surface area contributed by atoms with Crippen LogP contribution in [0.2, 0.25) is 0 Å². The van der Waals surface area contributed by atoms with Gasteiger partial charge in [0.25, 0.3) is 5.91 Å². The molecule has 0 radical (unpaired) electrons. The molecular weight excluding hydrogens is 458 g/mol. The summed E-state index contributed by atoms with van der Waals surface area (Å²) in [4.78, 5) is 26.2. The number of esters is 1. The summed E-state index contributed by atoms with van der Waals surface area (Å²) in [6.07, 6.45) is 2.68. The van der Waals surface area contributed by atoms with Gasteiger partial charge in [-0.15, -0.1) is 11.3 Å². The molecule has 0 bridgehead atoms. The fourth-order valence-corrected chi connectivity index (χ4v) is 5.72. The van der Waals surface area contributed by atoms with Crippen LogP contribution in [0.3, 0.4) is 0 Å². The minimum Gasteiger partial charge on any atom is -0.462 e. The van der Waals surface area contributed by atoms with Crippen LogP contribution in [0.15, 0.2) is 29.2 Å². The number of benzene rings is 1. The van der Waals surface area contributed by atoms with Crippen LogP contribution in [0.25, 0.3) is 0 Å². The summed E-state index contributed by atoms with van der Waals surface area (Å²) in [6.45, 7) is 2.00. The predicted octanol–water partition coefficient (Wildman–Crippen LogP) is 2.79. The monoisotopic (exact) mass is 481 g/mol. The fourth-order valence-electron chi connectivity index (χ4n) is 3.23. The van der Waals surface area contributed by atoms with Crippen molar-refractivity contribution in [2.45, 2.75) is 31.1 Å². The molecule has 1 aliphatic rings. The molecule has 0 atom stereocenters. The van der Waals surface area contributed by atoms with E-state index in [1.807, 2.05) is 0 Å². The van der Waals surface area contributed by atoms with Gasteiger partial charge in [-0.2, -0.15) is 0 Å². The third-order valence-electron chi connectivity index (χ3n) is 4.73. The normalized spacial score (nSPS) is 13.0. The van der Waals surface area contributed by atoms with Crippen LogP contribution in [0.1, 0.15) is 44.5 Å². The van der Waals surface area contributed by atoms with Gasteiger partial charge in [-0.05, 0) is 62.2 Å². The third kappa shape index (κ3) is 4.95. The highest BCUT2D eigenvalue weighted by Gasteiger charge is 2.28. The Labute approximate surface area is 190 Å². The van der Waals surface area contributed by atoms with Crippen molar-refractivity contribution in [3.8, 4) is 0 Å². The summed E-state index contributed by atoms with van der Waals surface area (Å²) in [5.41, 5.74) is 1.59. The maximum Gasteiger partial charge on any atom is 0.341 e. The maximum atomic E-state index is 12.6. The highest BCUT2D eigenvalue weighted by molar-refractivity contribution is 7.89. The number of ether oxygens (including phenoxy) is 1. The number of rotatable bonds is 6. The number of nitrogens with one attached hydrogen (secondary N) is 2. The average Bonchev–Trinajstić information content (AvgIpc) is 3.28. The smallest absolute Gasteiger partial charge is 0.341 e. The molecule has 0 aliphatic heterocycles. The van der Waals surface area contributed by atoms with E-state index in [0.29, 0.717) is 10.6 Å². The number of fused-ring (bicyclic) bond motifs is 1. The molecule has 31 heavy (non-hydrogen) atoms. The number of thiophene rings is 1. The van der Waals surface area contributed by atoms with Crippen molar-refractivity contribution in [1.29, 1.82) is 0 Å². The number of carbonyl (C=O) groups is 2. The minimum atomic E-state index is -3.67. The summed E-state index contributed by atoms with van der Waals surface area (Å²) in [5, 5.41) is 6.03. The largest absolute Gasteiger partial charge is 0.462 e. The van der Waals surface area contributed by atoms with Gasteiger partial charge in [0.1, 0.15) is 5.00 Å². The summed E-state index contributed by atoms with van der Waals surface area (Å²) in [7, 11) is -0.839. The van der Waals surface area contributed by atoms with Gasteiger partial charge in [0.2, 0.25) is 10.0 Å². The second kappa shape index (κ2) is 9.43. The van der Waals surface area contributed by atoms with E-state index in [4.69, 9.17) is 17.0 Å². The predicted molar refractivity (Wildman–Crippen MR) is 123 cm³/mol. The van der Waals surface area contributed by atoms with Crippen molar-refractivity contribution in [1.82, 2.24) is 9.62 Å². The first kappa shape index (κ1) is 23.3. The van der Waals surface area contributed by atoms with E-state index in [-0.39, 0.29) is 22.2 Å². The van der Waals surface area contributed by atoms with Gasteiger partial charge < -0.3 is 10.1 Å². The summed E-state index contributed by atoms with van der Waals surface area (Å²) in [6, 6.07) is 5.69. The van der Waals surface area contributed by atoms with E-state index in [1.165, 1.54) is 49.7 Å². The number of thiocarbonyl (C=S) groups is 1. The Morgan fingerprint density at radius 2 is 2.00 bits per heavy atom. The van der Waals surface area contributed by atoms with Crippen molar-refractivity contribution in [2.75, 3.05) is 26.0 Å². The molecule has 166 valence electrons. The standard InChI is InChI=1S/C20H23N3O5S3/c1-4-28-19(25)16-14-9-6-10-15(14)30-18(16)22-20(29)21-17(24)12-7-5-8-13(11-12)31(26,27)23(2)3/h5,7-8,11H,4,6,9-10H2,1-3H3,(H2,21,22,24,29). The first-order valence-corrected chi connectivity index (χ1v) is 12.3. The number of hydrogen-bond acceptors (Lipinski definition) is 7. The second-order valence-corrected chi connectivity index (χ2v) is 10.7. The lowest BCUT2D eigenvalue weighted by molar-refractivity contribution is 0.0527. The van der Waals surface area contributed by atoms with E-state index in [2.05, 4.69) is 10.6 Å². The number of anilines is 1. The Balaban J connectivity index is 1.77. The molecule has 2 aromatic rings. The van der Waals surface area contributed by atoms with Crippen LogP contribution in [-0.4, -0.2) is 50.4 Å². The molecule has 1 amide bonds. The number of hydrogen-bond donors (Lipinski definition) is 2. The summed E-state index contributed by atoms with van der Waals surface area (Å²) in [5.74, 6) is -0.977. The number of carbonyl (C=O) groups excluding carboxylic acids is 2. The molecule has 2 N–H and O–H groups in total. The van der Waals surface area contributed by atoms with Crippen LogP contribution < -0.4 is 10.6 Å². The van der Waals surface area contributed by atoms with E-state index in [1.54, 1.807) is 6.92 Å². The van der Waals surface area contributed by atoms with Gasteiger partial charge in [0.15, 0.2) is 5.11 Å². The number of aryl methyl sites for hydroxylation is 1. The highest BCUT2D eigenvalue weighted by atomic mass is 32.2. The van der Waals surface area contributed by atoms with Gasteiger partial charge in [0, 0.05) is 24.5 Å². The molecule has 0 spiro atoms. The van der Waals surface area contributed by atoms with Gasteiger partial charge in [0.05, 0.1) is 17.1 Å². The molecule has 0 saturated carbocycles. The molecule has 0 unspecified atom stereocenters. The Kier molecular flexibility index (Phi) is 7.10. The van der Waals surface area contributed by atoms with E-state index in [0.717, 1.165) is 34.0 Å². The molecule has 1 aromatic carbocycles. The van der Waals surface area contributed by atoms with Gasteiger partial charge >= 0.3 is 5.97 Å². The van der Waals surface area contributed by atoms with Crippen molar-refractivity contribution < 1.29 is 22.7 Å². The highest BCUT2D eigenvalue weighted by Crippen LogP contribution is 2.39. The topological polar surface area (TPSA) is 105 Å². The van der Waals surface area contributed by atoms with Crippen molar-refractivity contribution in [3.63, 3.8) is 0 Å². The van der Waals surface area contributed by atoms with E-state index >= 15 is 0 Å². The molecule has 0 saturated heterocycles. The molecule has 1 heterocycles. The van der Waals surface area contributed by atoms with Crippen molar-refractivity contribution in [2.24, 2.45) is 0 Å². The minimum absolute atomic E-state index is 0.00306. The van der Waals surface area contributed by atoms with Crippen LogP contribution in [-0.2, 0) is 27.6 Å². The SMILES string of the molecule is CCOC(=O)c1c(NC(=S)NC(=O)c2cccc(S(=O)(=O)N(C)C)c2)sc2c1CCC2. The Morgan fingerprint density at radius 1 is 1.26 bits per heavy atom. The molecule has 0 fully saturated rings. The first-order valence-electron chi connectivity index (χ1n) is 9.61. The summed E-state index contributed by atoms with van der Waals surface area (Å²) >= 11 is 6.69. The Bertz CT molecular complexity index is 1140. The van der Waals surface area contributed by atoms with Crippen LogP contribution >= 0.6 is 23.6 Å². The van der Waals surface area contributed by atoms with Crippen LogP contribution in [0, 0.1) is 0 Å². The van der Waals surface area contributed by atoms with Crippen LogP contribution in [0.4, 0.5) is 5.00 Å². The van der Waals surface area contributed by atoms with Crippen molar-refractivity contribution >= 4 is 55.6 Å². The first-order chi connectivity index (χ1) is 14.6. The average molecular weight is 482 g/mol. The molecule has 1 aromatic heterocycles. The van der Waals surface area contributed by atoms with E-state index in [9.17, 15) is 18.0 Å². The molecule has 11 heteroatoms. The lowest BCUT2D eigenvalue weighted by atomic mass is 10.1. The Morgan fingerprint density at radius 3 is 2.68 bits per heavy atom. The second-order valence-electron chi connectivity index (χ2n) is 7.01. The zero-order valence-electron chi connectivity index (χ0n) is 17.4. The molecule has 1 aliphatic carbocycles. The zero-order valence-corrected chi connectivity index (χ0v) is 19.8. The van der Waals surface area contributed by atoms with Crippen molar-refractivity contribution in [3.05, 3.63) is 45.8 Å². The van der Waals surface area contributed by atoms with Gasteiger partial charge in [-0.3, -0.25) is 10.1 Å². The Hall–Kier alpha value is -2.34. The number of nitrogens with zero attached hydrogens (tertiary/aromatic N) is 1. The maximum absolute atomic E-state index is 12.6. The van der Waals surface area contributed by atoms with E-state index < -0.39 is 21.9 Å². The molecular formula is C20H23N3O5S3. The zero-order chi connectivity index (χ0) is 22.8. The third-order valence-corrected chi connectivity index (χ3v) is 7.95. The molecule has 3 rings (SSSR count). The van der Waals surface area contributed by atoms with Gasteiger partial charge in [-0.1, -0.05) is 6.07 Å². The lowest BCUT2D eigenvalue weighted by Crippen LogP contribution is -2.34. The lowest BCUT2D eigenvalue weighted by Gasteiger charge is -2.13. The van der Waals surface area contributed by atoms with Gasteiger partial charge in [-0.25, -0.2) is 17.5 Å². The fraction of sp³-hybridized carbons (Fsp3) is 0.350. The quantitative estimate of drug-likeness (QED) is 0.483. The molecule has 8 nitrogen and oxygen atoms in total. The number of amides is 1. The summed E-state index contributed by atoms with van der Waals surface area (Å²) < 4.78 is 30.9. The number of sulfonamides is 1.